The molecule has 0 saturated carbocycles. The lowest BCUT2D eigenvalue weighted by Crippen LogP contribution is -2.42. The maximum absolute atomic E-state index is 12.2. The van der Waals surface area contributed by atoms with Crippen LogP contribution < -0.4 is 9.47 Å². The average Bonchev–Trinajstić information content (AvgIpc) is 2.52. The fraction of sp³-hybridized carbons (Fsp3) is 0.333. The van der Waals surface area contributed by atoms with Gasteiger partial charge < -0.3 is 19.5 Å². The molecule has 1 aliphatic rings. The quantitative estimate of drug-likeness (QED) is 0.285. The number of nitrogens with zero attached hydrogens (tertiary/aromatic N) is 3. The lowest BCUT2D eigenvalue weighted by molar-refractivity contribution is -0.385. The minimum atomic E-state index is -0.707. The number of aliphatic hydroxyl groups excluding tert-OH is 1. The van der Waals surface area contributed by atoms with Gasteiger partial charge in [0.1, 0.15) is 11.8 Å². The van der Waals surface area contributed by atoms with Crippen molar-refractivity contribution in [3.05, 3.63) is 33.4 Å². The maximum Gasteiger partial charge on any atom is 0.315 e. The summed E-state index contributed by atoms with van der Waals surface area (Å²) in [4.78, 5) is 24.1. The number of carbonyl (C=O) groups excluding carboxylic acids is 1. The van der Waals surface area contributed by atoms with E-state index in [2.05, 4.69) is 0 Å². The van der Waals surface area contributed by atoms with E-state index in [9.17, 15) is 25.3 Å². The number of methoxy groups -OCH3 is 2. The van der Waals surface area contributed by atoms with Gasteiger partial charge in [-0.3, -0.25) is 14.9 Å². The van der Waals surface area contributed by atoms with Crippen LogP contribution in [0.1, 0.15) is 12.0 Å². The highest BCUT2D eigenvalue weighted by molar-refractivity contribution is 6.04. The summed E-state index contributed by atoms with van der Waals surface area (Å²) >= 11 is 0. The van der Waals surface area contributed by atoms with Crippen LogP contribution in [-0.2, 0) is 4.79 Å². The zero-order valence-corrected chi connectivity index (χ0v) is 13.1. The van der Waals surface area contributed by atoms with Gasteiger partial charge in [0, 0.05) is 24.7 Å². The van der Waals surface area contributed by atoms with Crippen molar-refractivity contribution in [2.24, 2.45) is 0 Å². The molecule has 24 heavy (non-hydrogen) atoms. The van der Waals surface area contributed by atoms with E-state index < -0.39 is 27.9 Å². The Morgan fingerprint density at radius 2 is 2.04 bits per heavy atom. The minimum absolute atomic E-state index is 0.00180. The third-order valence-corrected chi connectivity index (χ3v) is 3.64. The molecule has 0 radical (unpaired) electrons. The van der Waals surface area contributed by atoms with Crippen LogP contribution in [0.5, 0.6) is 11.5 Å². The molecule has 9 heteroatoms. The fourth-order valence-corrected chi connectivity index (χ4v) is 2.24. The number of nitriles is 1. The summed E-state index contributed by atoms with van der Waals surface area (Å²) in [5.74, 6) is -1.37. The maximum atomic E-state index is 12.2. The lowest BCUT2D eigenvalue weighted by Gasteiger charge is -2.30. The Balaban J connectivity index is 2.59. The zero-order chi connectivity index (χ0) is 17.9. The van der Waals surface area contributed by atoms with Crippen LogP contribution in [0.15, 0.2) is 17.7 Å². The second-order valence-corrected chi connectivity index (χ2v) is 4.97. The summed E-state index contributed by atoms with van der Waals surface area (Å²) in [7, 11) is 2.52. The third-order valence-electron chi connectivity index (χ3n) is 3.64. The molecular weight excluding hydrogens is 318 g/mol. The van der Waals surface area contributed by atoms with Gasteiger partial charge in [0.05, 0.1) is 19.1 Å². The Bertz CT molecular complexity index is 761. The molecule has 0 aliphatic carbocycles. The van der Waals surface area contributed by atoms with Crippen molar-refractivity contribution < 1.29 is 24.3 Å². The number of benzene rings is 1. The molecule has 0 unspecified atom stereocenters. The molecule has 126 valence electrons. The Morgan fingerprint density at radius 1 is 1.38 bits per heavy atom. The predicted molar refractivity (Wildman–Crippen MR) is 82.6 cm³/mol. The molecule has 1 saturated heterocycles. The van der Waals surface area contributed by atoms with E-state index in [1.807, 2.05) is 0 Å². The highest BCUT2D eigenvalue weighted by Gasteiger charge is 2.29. The first-order valence-electron chi connectivity index (χ1n) is 6.98. The highest BCUT2D eigenvalue weighted by atomic mass is 16.6. The van der Waals surface area contributed by atoms with Gasteiger partial charge in [-0.1, -0.05) is 0 Å². The minimum Gasteiger partial charge on any atom is -0.506 e. The lowest BCUT2D eigenvalue weighted by atomic mass is 10.0. The van der Waals surface area contributed by atoms with E-state index >= 15 is 0 Å². The Hall–Kier alpha value is -3.28. The monoisotopic (exact) mass is 333 g/mol. The Labute approximate surface area is 137 Å². The number of likely N-dealkylation sites (tertiary alicyclic amines) is 1. The molecule has 1 fully saturated rings. The number of hydrogen-bond donors (Lipinski definition) is 1. The number of aliphatic hydroxyl groups is 1. The summed E-state index contributed by atoms with van der Waals surface area (Å²) in [6.45, 7) is 1.01. The van der Waals surface area contributed by atoms with Gasteiger partial charge in [-0.2, -0.15) is 5.26 Å². The molecule has 1 N–H and O–H groups in total. The number of rotatable bonds is 5. The molecule has 2 rings (SSSR count). The molecule has 1 aromatic rings. The van der Waals surface area contributed by atoms with E-state index in [0.29, 0.717) is 13.1 Å². The molecule has 0 bridgehead atoms. The summed E-state index contributed by atoms with van der Waals surface area (Å²) in [6.07, 6.45) is 0.826. The normalized spacial score (nSPS) is 14.1. The van der Waals surface area contributed by atoms with Gasteiger partial charge in [0.2, 0.25) is 5.75 Å². The number of nitro groups is 1. The molecule has 1 aliphatic heterocycles. The van der Waals surface area contributed by atoms with E-state index in [0.717, 1.165) is 12.5 Å². The summed E-state index contributed by atoms with van der Waals surface area (Å²) in [5, 5.41) is 30.7. The van der Waals surface area contributed by atoms with Crippen molar-refractivity contribution in [2.45, 2.75) is 6.42 Å². The summed E-state index contributed by atoms with van der Waals surface area (Å²) in [5.41, 5.74) is -1.01. The largest absolute Gasteiger partial charge is 0.506 e. The predicted octanol–water partition coefficient (Wildman–Crippen LogP) is 1.64. The smallest absolute Gasteiger partial charge is 0.315 e. The van der Waals surface area contributed by atoms with Crippen molar-refractivity contribution in [3.63, 3.8) is 0 Å². The van der Waals surface area contributed by atoms with Crippen LogP contribution in [0.3, 0.4) is 0 Å². The van der Waals surface area contributed by atoms with E-state index in [1.54, 1.807) is 6.07 Å². The van der Waals surface area contributed by atoms with Crippen LogP contribution in [0.2, 0.25) is 0 Å². The van der Waals surface area contributed by atoms with Crippen LogP contribution in [0.4, 0.5) is 5.69 Å². The first-order chi connectivity index (χ1) is 11.4. The highest BCUT2D eigenvalue weighted by Crippen LogP contribution is 2.39. The van der Waals surface area contributed by atoms with Crippen molar-refractivity contribution in [1.29, 1.82) is 5.26 Å². The zero-order valence-electron chi connectivity index (χ0n) is 13.1. The molecule has 0 spiro atoms. The number of amides is 1. The van der Waals surface area contributed by atoms with Crippen LogP contribution in [0.25, 0.3) is 5.76 Å². The van der Waals surface area contributed by atoms with Crippen LogP contribution >= 0.6 is 0 Å². The molecule has 0 atom stereocenters. The molecule has 1 aromatic carbocycles. The third kappa shape index (κ3) is 2.94. The van der Waals surface area contributed by atoms with Gasteiger partial charge in [-0.15, -0.1) is 0 Å². The number of ether oxygens (including phenoxy) is 2. The van der Waals surface area contributed by atoms with Crippen LogP contribution in [0, 0.1) is 21.4 Å². The van der Waals surface area contributed by atoms with E-state index in [4.69, 9.17) is 9.47 Å². The van der Waals surface area contributed by atoms with Gasteiger partial charge in [-0.25, -0.2) is 0 Å². The van der Waals surface area contributed by atoms with Crippen molar-refractivity contribution >= 4 is 17.4 Å². The van der Waals surface area contributed by atoms with E-state index in [1.165, 1.54) is 25.2 Å². The van der Waals surface area contributed by atoms with E-state index in [-0.39, 0.29) is 17.1 Å². The first-order valence-corrected chi connectivity index (χ1v) is 6.98. The van der Waals surface area contributed by atoms with Gasteiger partial charge in [0.15, 0.2) is 11.3 Å². The second kappa shape index (κ2) is 6.87. The molecule has 1 amide bonds. The molecule has 9 nitrogen and oxygen atoms in total. The number of hydrogen-bond acceptors (Lipinski definition) is 7. The Kier molecular flexibility index (Phi) is 4.89. The summed E-state index contributed by atoms with van der Waals surface area (Å²) < 4.78 is 9.99. The molecule has 0 aromatic heterocycles. The van der Waals surface area contributed by atoms with Gasteiger partial charge >= 0.3 is 5.69 Å². The van der Waals surface area contributed by atoms with Crippen LogP contribution in [-0.4, -0.2) is 48.1 Å². The van der Waals surface area contributed by atoms with Crippen molar-refractivity contribution in [1.82, 2.24) is 4.90 Å². The second-order valence-electron chi connectivity index (χ2n) is 4.97. The van der Waals surface area contributed by atoms with Gasteiger partial charge in [-0.05, 0) is 12.5 Å². The summed E-state index contributed by atoms with van der Waals surface area (Å²) in [6, 6.07) is 3.95. The molecular formula is C15H15N3O6. The number of nitro benzene ring substituents is 1. The standard InChI is InChI=1S/C15H15N3O6/c1-23-12-7-9(6-11(18(21)22)14(12)24-2)13(19)10(8-16)15(20)17-4-3-5-17/h6-7,19H,3-5H2,1-2H3/b13-10-. The fourth-order valence-electron chi connectivity index (χ4n) is 2.24. The van der Waals surface area contributed by atoms with Crippen molar-refractivity contribution in [3.8, 4) is 17.6 Å². The molecule has 1 heterocycles. The first kappa shape index (κ1) is 17.1. The average molecular weight is 333 g/mol. The number of carbonyl (C=O) groups is 1. The van der Waals surface area contributed by atoms with Crippen molar-refractivity contribution in [2.75, 3.05) is 27.3 Å². The SMILES string of the molecule is COc1cc(/C(O)=C(\C#N)C(=O)N2CCC2)cc([N+](=O)[O-])c1OC. The topological polar surface area (TPSA) is 126 Å². The Morgan fingerprint density at radius 3 is 2.46 bits per heavy atom. The van der Waals surface area contributed by atoms with Gasteiger partial charge in [0.25, 0.3) is 5.91 Å².